The topological polar surface area (TPSA) is 155 Å². The molecule has 0 aromatic rings. The molecular formula is C25H41N5O6. The molecule has 0 aromatic carbocycles. The van der Waals surface area contributed by atoms with Crippen LogP contribution < -0.4 is 26.6 Å². The smallest absolute Gasteiger partial charge is 0.328 e. The van der Waals surface area contributed by atoms with Gasteiger partial charge in [-0.25, -0.2) is 9.59 Å². The molecular weight excluding hydrogens is 466 g/mol. The molecule has 0 aromatic heterocycles. The number of esters is 1. The first-order valence-corrected chi connectivity index (χ1v) is 12.3. The average Bonchev–Trinajstić information content (AvgIpc) is 2.80. The van der Waals surface area contributed by atoms with Crippen molar-refractivity contribution in [2.24, 2.45) is 17.8 Å². The fraction of sp³-hybridized carbons (Fsp3) is 0.640. The van der Waals surface area contributed by atoms with Crippen LogP contribution in [0.2, 0.25) is 0 Å². The standard InChI is InChI=1S/C25H41N5O6/c1-14(2)17-11-12-19(31)26-13-9-8-10-18(22(32)27-17)28-23(33)20(15(3)4)29-25(35)30-21(16(5)6)24(34)36-7/h8,10-12,14-18,20-21H,9,13H2,1-7H3,(H,26,31)(H,27,32)(H,28,33)(H2,29,30,35)/b10-8+,12-11+/t17-,18+,20?,21-/m1/s1. The number of carbonyl (C=O) groups is 5. The van der Waals surface area contributed by atoms with Crippen molar-refractivity contribution in [1.29, 1.82) is 0 Å². The number of nitrogens with one attached hydrogen (secondary N) is 5. The zero-order chi connectivity index (χ0) is 27.4. The third kappa shape index (κ3) is 10.1. The van der Waals surface area contributed by atoms with E-state index in [1.165, 1.54) is 13.2 Å². The Morgan fingerprint density at radius 2 is 1.58 bits per heavy atom. The molecule has 0 aliphatic carbocycles. The van der Waals surface area contributed by atoms with Crippen LogP contribution in [-0.2, 0) is 23.9 Å². The summed E-state index contributed by atoms with van der Waals surface area (Å²) in [5.41, 5.74) is 0. The molecule has 11 heteroatoms. The van der Waals surface area contributed by atoms with Crippen molar-refractivity contribution in [3.05, 3.63) is 24.3 Å². The lowest BCUT2D eigenvalue weighted by atomic mass is 10.0. The summed E-state index contributed by atoms with van der Waals surface area (Å²) in [6.07, 6.45) is 6.74. The second-order valence-electron chi connectivity index (χ2n) is 9.72. The molecule has 1 heterocycles. The van der Waals surface area contributed by atoms with E-state index in [-0.39, 0.29) is 23.7 Å². The third-order valence-corrected chi connectivity index (χ3v) is 5.65. The summed E-state index contributed by atoms with van der Waals surface area (Å²) in [4.78, 5) is 62.7. The van der Waals surface area contributed by atoms with Gasteiger partial charge in [0.1, 0.15) is 18.1 Å². The van der Waals surface area contributed by atoms with E-state index in [1.807, 2.05) is 13.8 Å². The van der Waals surface area contributed by atoms with E-state index in [0.29, 0.717) is 13.0 Å². The number of hydrogen-bond acceptors (Lipinski definition) is 6. The lowest BCUT2D eigenvalue weighted by molar-refractivity contribution is -0.144. The highest BCUT2D eigenvalue weighted by Crippen LogP contribution is 2.08. The van der Waals surface area contributed by atoms with E-state index in [2.05, 4.69) is 26.6 Å². The Bertz CT molecular complexity index is 852. The Kier molecular flexibility index (Phi) is 12.7. The maximum Gasteiger partial charge on any atom is 0.328 e. The van der Waals surface area contributed by atoms with Gasteiger partial charge in [-0.15, -0.1) is 0 Å². The van der Waals surface area contributed by atoms with Crippen molar-refractivity contribution in [3.8, 4) is 0 Å². The lowest BCUT2D eigenvalue weighted by Gasteiger charge is -2.27. The van der Waals surface area contributed by atoms with Crippen molar-refractivity contribution in [1.82, 2.24) is 26.6 Å². The molecule has 0 saturated heterocycles. The summed E-state index contributed by atoms with van der Waals surface area (Å²) in [6.45, 7) is 11.2. The number of urea groups is 1. The molecule has 4 atom stereocenters. The van der Waals surface area contributed by atoms with Crippen molar-refractivity contribution in [3.63, 3.8) is 0 Å². The summed E-state index contributed by atoms with van der Waals surface area (Å²) >= 11 is 0. The molecule has 5 amide bonds. The predicted molar refractivity (Wildman–Crippen MR) is 136 cm³/mol. The molecule has 0 bridgehead atoms. The summed E-state index contributed by atoms with van der Waals surface area (Å²) in [7, 11) is 1.23. The lowest BCUT2D eigenvalue weighted by Crippen LogP contribution is -2.58. The van der Waals surface area contributed by atoms with Crippen molar-refractivity contribution >= 4 is 29.7 Å². The third-order valence-electron chi connectivity index (χ3n) is 5.65. The Balaban J connectivity index is 3.02. The van der Waals surface area contributed by atoms with E-state index in [9.17, 15) is 24.0 Å². The summed E-state index contributed by atoms with van der Waals surface area (Å²) in [5.74, 6) is -2.38. The van der Waals surface area contributed by atoms with Gasteiger partial charge in [0, 0.05) is 18.7 Å². The van der Waals surface area contributed by atoms with Crippen LogP contribution in [0.15, 0.2) is 24.3 Å². The maximum atomic E-state index is 13.1. The number of rotatable bonds is 8. The molecule has 0 fully saturated rings. The molecule has 5 N–H and O–H groups in total. The molecule has 0 spiro atoms. The molecule has 1 unspecified atom stereocenters. The van der Waals surface area contributed by atoms with Crippen LogP contribution in [0.5, 0.6) is 0 Å². The molecule has 0 radical (unpaired) electrons. The maximum absolute atomic E-state index is 13.1. The van der Waals surface area contributed by atoms with Gasteiger partial charge >= 0.3 is 12.0 Å². The van der Waals surface area contributed by atoms with Crippen LogP contribution in [0.25, 0.3) is 0 Å². The molecule has 202 valence electrons. The Labute approximate surface area is 213 Å². The average molecular weight is 508 g/mol. The largest absolute Gasteiger partial charge is 0.467 e. The zero-order valence-corrected chi connectivity index (χ0v) is 22.2. The SMILES string of the molecule is COC(=O)[C@H](NC(=O)NC(C(=O)N[C@H]1/C=C/CCNC(=O)/C=C/[C@H](C(C)C)NC1=O)C(C)C)C(C)C. The summed E-state index contributed by atoms with van der Waals surface area (Å²) in [5, 5.41) is 13.5. The molecule has 1 rings (SSSR count). The number of hydrogen-bond donors (Lipinski definition) is 5. The van der Waals surface area contributed by atoms with Gasteiger partial charge in [-0.2, -0.15) is 0 Å². The first-order chi connectivity index (χ1) is 16.9. The van der Waals surface area contributed by atoms with Crippen LogP contribution in [0.1, 0.15) is 48.0 Å². The highest BCUT2D eigenvalue weighted by atomic mass is 16.5. The van der Waals surface area contributed by atoms with E-state index in [0.717, 1.165) is 0 Å². The number of ether oxygens (including phenoxy) is 1. The molecule has 1 aliphatic heterocycles. The Hall–Kier alpha value is -3.37. The number of methoxy groups -OCH3 is 1. The monoisotopic (exact) mass is 507 g/mol. The van der Waals surface area contributed by atoms with Gasteiger partial charge in [0.05, 0.1) is 7.11 Å². The predicted octanol–water partition coefficient (Wildman–Crippen LogP) is 0.766. The van der Waals surface area contributed by atoms with Crippen molar-refractivity contribution in [2.75, 3.05) is 13.7 Å². The van der Waals surface area contributed by atoms with Gasteiger partial charge < -0.3 is 31.3 Å². The van der Waals surface area contributed by atoms with Gasteiger partial charge in [-0.3, -0.25) is 14.4 Å². The molecule has 11 nitrogen and oxygen atoms in total. The summed E-state index contributed by atoms with van der Waals surface area (Å²) < 4.78 is 4.74. The summed E-state index contributed by atoms with van der Waals surface area (Å²) in [6, 6.07) is -3.98. The second kappa shape index (κ2) is 14.9. The van der Waals surface area contributed by atoms with Gasteiger partial charge in [-0.1, -0.05) is 59.8 Å². The van der Waals surface area contributed by atoms with Crippen LogP contribution in [-0.4, -0.2) is 67.5 Å². The first kappa shape index (κ1) is 30.7. The fourth-order valence-electron chi connectivity index (χ4n) is 3.38. The number of carbonyl (C=O) groups excluding carboxylic acids is 5. The molecule has 1 aliphatic rings. The Morgan fingerprint density at radius 3 is 2.14 bits per heavy atom. The van der Waals surface area contributed by atoms with Crippen LogP contribution in [0.3, 0.4) is 0 Å². The van der Waals surface area contributed by atoms with E-state index < -0.39 is 48.0 Å². The minimum atomic E-state index is -0.994. The van der Waals surface area contributed by atoms with Gasteiger partial charge in [-0.05, 0) is 24.2 Å². The van der Waals surface area contributed by atoms with Crippen molar-refractivity contribution < 1.29 is 28.7 Å². The molecule has 0 saturated carbocycles. The van der Waals surface area contributed by atoms with Gasteiger partial charge in [0.2, 0.25) is 17.7 Å². The van der Waals surface area contributed by atoms with Crippen molar-refractivity contribution in [2.45, 2.75) is 72.1 Å². The van der Waals surface area contributed by atoms with Crippen LogP contribution in [0, 0.1) is 17.8 Å². The first-order valence-electron chi connectivity index (χ1n) is 12.3. The van der Waals surface area contributed by atoms with E-state index >= 15 is 0 Å². The van der Waals surface area contributed by atoms with Gasteiger partial charge in [0.15, 0.2) is 0 Å². The Morgan fingerprint density at radius 1 is 0.972 bits per heavy atom. The fourth-order valence-corrected chi connectivity index (χ4v) is 3.38. The van der Waals surface area contributed by atoms with Gasteiger partial charge in [0.25, 0.3) is 0 Å². The van der Waals surface area contributed by atoms with Crippen LogP contribution >= 0.6 is 0 Å². The minimum absolute atomic E-state index is 0.00115. The second-order valence-corrected chi connectivity index (χ2v) is 9.72. The zero-order valence-electron chi connectivity index (χ0n) is 22.2. The number of amides is 5. The highest BCUT2D eigenvalue weighted by molar-refractivity contribution is 5.94. The van der Waals surface area contributed by atoms with Crippen LogP contribution in [0.4, 0.5) is 4.79 Å². The normalized spacial score (nSPS) is 22.3. The van der Waals surface area contributed by atoms with E-state index in [4.69, 9.17) is 4.74 Å². The quantitative estimate of drug-likeness (QED) is 0.241. The van der Waals surface area contributed by atoms with E-state index in [1.54, 1.807) is 45.9 Å². The highest BCUT2D eigenvalue weighted by Gasteiger charge is 2.31. The molecule has 36 heavy (non-hydrogen) atoms. The minimum Gasteiger partial charge on any atom is -0.467 e.